The van der Waals surface area contributed by atoms with E-state index in [1.54, 1.807) is 18.2 Å². The average molecular weight is 278 g/mol. The summed E-state index contributed by atoms with van der Waals surface area (Å²) in [7, 11) is 0. The van der Waals surface area contributed by atoms with Crippen LogP contribution >= 0.6 is 11.6 Å². The maximum Gasteiger partial charge on any atom is 0.229 e. The Morgan fingerprint density at radius 3 is 2.79 bits per heavy atom. The van der Waals surface area contributed by atoms with E-state index in [0.29, 0.717) is 16.3 Å². The first-order valence-electron chi connectivity index (χ1n) is 6.38. The van der Waals surface area contributed by atoms with E-state index in [1.165, 1.54) is 0 Å². The summed E-state index contributed by atoms with van der Waals surface area (Å²) in [6, 6.07) is 6.78. The summed E-state index contributed by atoms with van der Waals surface area (Å²) >= 11 is 5.93. The third-order valence-electron chi connectivity index (χ3n) is 3.51. The lowest BCUT2D eigenvalue weighted by atomic mass is 9.84. The monoisotopic (exact) mass is 277 g/mol. The van der Waals surface area contributed by atoms with Gasteiger partial charge < -0.3 is 11.1 Å². The number of hydrogen-bond donors (Lipinski definition) is 2. The molecule has 1 aromatic rings. The van der Waals surface area contributed by atoms with Gasteiger partial charge in [0.2, 0.25) is 5.91 Å². The molecule has 100 valence electrons. The van der Waals surface area contributed by atoms with Crippen molar-refractivity contribution in [3.8, 4) is 6.07 Å². The van der Waals surface area contributed by atoms with Gasteiger partial charge in [-0.3, -0.25) is 4.79 Å². The van der Waals surface area contributed by atoms with Crippen molar-refractivity contribution in [2.45, 2.75) is 31.7 Å². The summed E-state index contributed by atoms with van der Waals surface area (Å²) in [6.07, 6.45) is 3.86. The molecule has 3 N–H and O–H groups in total. The molecule has 0 heterocycles. The van der Waals surface area contributed by atoms with Crippen molar-refractivity contribution in [2.24, 2.45) is 11.7 Å². The number of nitrogens with two attached hydrogens (primary N) is 1. The van der Waals surface area contributed by atoms with Gasteiger partial charge in [-0.05, 0) is 31.0 Å². The Bertz CT molecular complexity index is 524. The SMILES string of the molecule is N#Cc1ccc(NC(=O)C2CCCCC2N)cc1Cl. The van der Waals surface area contributed by atoms with Crippen LogP contribution in [0.15, 0.2) is 18.2 Å². The fraction of sp³-hybridized carbons (Fsp3) is 0.429. The molecule has 2 unspecified atom stereocenters. The minimum absolute atomic E-state index is 0.0621. The average Bonchev–Trinajstić information content (AvgIpc) is 2.39. The van der Waals surface area contributed by atoms with Gasteiger partial charge in [0.05, 0.1) is 16.5 Å². The minimum Gasteiger partial charge on any atom is -0.327 e. The Morgan fingerprint density at radius 2 is 2.16 bits per heavy atom. The van der Waals surface area contributed by atoms with Crippen LogP contribution in [0.5, 0.6) is 0 Å². The van der Waals surface area contributed by atoms with E-state index < -0.39 is 0 Å². The number of rotatable bonds is 2. The Morgan fingerprint density at radius 1 is 1.42 bits per heavy atom. The molecule has 0 saturated heterocycles. The highest BCUT2D eigenvalue weighted by atomic mass is 35.5. The van der Waals surface area contributed by atoms with Crippen LogP contribution in [0.4, 0.5) is 5.69 Å². The highest BCUT2D eigenvalue weighted by Gasteiger charge is 2.28. The molecule has 2 rings (SSSR count). The van der Waals surface area contributed by atoms with Gasteiger partial charge in [-0.2, -0.15) is 5.26 Å². The summed E-state index contributed by atoms with van der Waals surface area (Å²) in [6.45, 7) is 0. The summed E-state index contributed by atoms with van der Waals surface area (Å²) < 4.78 is 0. The van der Waals surface area contributed by atoms with E-state index in [9.17, 15) is 4.79 Å². The Balaban J connectivity index is 2.06. The van der Waals surface area contributed by atoms with E-state index in [-0.39, 0.29) is 17.9 Å². The van der Waals surface area contributed by atoms with E-state index in [4.69, 9.17) is 22.6 Å². The number of halogens is 1. The molecule has 2 atom stereocenters. The first kappa shape index (κ1) is 13.9. The van der Waals surface area contributed by atoms with Crippen LogP contribution in [0.1, 0.15) is 31.2 Å². The molecule has 1 amide bonds. The molecule has 0 aliphatic heterocycles. The van der Waals surface area contributed by atoms with Crippen molar-refractivity contribution < 1.29 is 4.79 Å². The summed E-state index contributed by atoms with van der Waals surface area (Å²) in [5.41, 5.74) is 6.98. The molecule has 19 heavy (non-hydrogen) atoms. The zero-order valence-corrected chi connectivity index (χ0v) is 11.3. The highest BCUT2D eigenvalue weighted by molar-refractivity contribution is 6.32. The summed E-state index contributed by atoms with van der Waals surface area (Å²) in [5.74, 6) is -0.198. The first-order valence-corrected chi connectivity index (χ1v) is 6.75. The first-order chi connectivity index (χ1) is 9.11. The number of hydrogen-bond acceptors (Lipinski definition) is 3. The van der Waals surface area contributed by atoms with Crippen molar-refractivity contribution in [2.75, 3.05) is 5.32 Å². The van der Waals surface area contributed by atoms with E-state index in [0.717, 1.165) is 25.7 Å². The number of nitrogens with one attached hydrogen (secondary N) is 1. The lowest BCUT2D eigenvalue weighted by Crippen LogP contribution is -2.40. The van der Waals surface area contributed by atoms with Crippen LogP contribution in [-0.2, 0) is 4.79 Å². The Kier molecular flexibility index (Phi) is 4.41. The van der Waals surface area contributed by atoms with Gasteiger partial charge >= 0.3 is 0 Å². The zero-order valence-electron chi connectivity index (χ0n) is 10.5. The topological polar surface area (TPSA) is 78.9 Å². The number of amides is 1. The number of benzene rings is 1. The third-order valence-corrected chi connectivity index (χ3v) is 3.83. The molecule has 0 radical (unpaired) electrons. The predicted molar refractivity (Wildman–Crippen MR) is 74.7 cm³/mol. The summed E-state index contributed by atoms with van der Waals surface area (Å²) in [4.78, 5) is 12.1. The largest absolute Gasteiger partial charge is 0.327 e. The highest BCUT2D eigenvalue weighted by Crippen LogP contribution is 2.25. The normalized spacial score (nSPS) is 22.6. The Labute approximate surface area is 117 Å². The second-order valence-electron chi connectivity index (χ2n) is 4.85. The van der Waals surface area contributed by atoms with Gasteiger partial charge in [0.25, 0.3) is 0 Å². The van der Waals surface area contributed by atoms with Gasteiger partial charge in [0.15, 0.2) is 0 Å². The van der Waals surface area contributed by atoms with Crippen molar-refractivity contribution in [3.05, 3.63) is 28.8 Å². The van der Waals surface area contributed by atoms with Crippen LogP contribution in [0.2, 0.25) is 5.02 Å². The van der Waals surface area contributed by atoms with Crippen molar-refractivity contribution in [1.82, 2.24) is 0 Å². The molecule has 1 saturated carbocycles. The van der Waals surface area contributed by atoms with Crippen LogP contribution in [0.3, 0.4) is 0 Å². The van der Waals surface area contributed by atoms with E-state index in [1.807, 2.05) is 6.07 Å². The fourth-order valence-corrected chi connectivity index (χ4v) is 2.63. The molecule has 0 aromatic heterocycles. The van der Waals surface area contributed by atoms with Gasteiger partial charge in [0, 0.05) is 11.7 Å². The van der Waals surface area contributed by atoms with Gasteiger partial charge in [-0.15, -0.1) is 0 Å². The van der Waals surface area contributed by atoms with Gasteiger partial charge in [0.1, 0.15) is 6.07 Å². The van der Waals surface area contributed by atoms with Gasteiger partial charge in [-0.25, -0.2) is 0 Å². The number of anilines is 1. The number of nitrogens with zero attached hydrogens (tertiary/aromatic N) is 1. The molecule has 5 heteroatoms. The number of carbonyl (C=O) groups is 1. The lowest BCUT2D eigenvalue weighted by Gasteiger charge is -2.27. The van der Waals surface area contributed by atoms with Crippen LogP contribution in [0.25, 0.3) is 0 Å². The van der Waals surface area contributed by atoms with Crippen LogP contribution < -0.4 is 11.1 Å². The third kappa shape index (κ3) is 3.25. The van der Waals surface area contributed by atoms with Crippen LogP contribution in [-0.4, -0.2) is 11.9 Å². The lowest BCUT2D eigenvalue weighted by molar-refractivity contribution is -0.121. The van der Waals surface area contributed by atoms with Crippen molar-refractivity contribution in [3.63, 3.8) is 0 Å². The molecule has 4 nitrogen and oxygen atoms in total. The smallest absolute Gasteiger partial charge is 0.229 e. The second kappa shape index (κ2) is 6.05. The van der Waals surface area contributed by atoms with Crippen LogP contribution in [0, 0.1) is 17.2 Å². The standard InChI is InChI=1S/C14H16ClN3O/c15-12-7-10(6-5-9(12)8-16)18-14(19)11-3-1-2-4-13(11)17/h5-7,11,13H,1-4,17H2,(H,18,19). The Hall–Kier alpha value is -1.57. The molecule has 1 aliphatic carbocycles. The quantitative estimate of drug-likeness (QED) is 0.872. The molecular formula is C14H16ClN3O. The van der Waals surface area contributed by atoms with E-state index >= 15 is 0 Å². The van der Waals surface area contributed by atoms with Gasteiger partial charge in [-0.1, -0.05) is 24.4 Å². The number of nitriles is 1. The minimum atomic E-state index is -0.136. The van der Waals surface area contributed by atoms with Crippen molar-refractivity contribution in [1.29, 1.82) is 5.26 Å². The van der Waals surface area contributed by atoms with Crippen molar-refractivity contribution >= 4 is 23.2 Å². The molecular weight excluding hydrogens is 262 g/mol. The molecule has 1 aromatic carbocycles. The fourth-order valence-electron chi connectivity index (χ4n) is 2.40. The molecule has 1 aliphatic rings. The maximum atomic E-state index is 12.1. The maximum absolute atomic E-state index is 12.1. The van der Waals surface area contributed by atoms with E-state index in [2.05, 4.69) is 5.32 Å². The predicted octanol–water partition coefficient (Wildman–Crippen LogP) is 2.67. The number of carbonyl (C=O) groups excluding carboxylic acids is 1. The summed E-state index contributed by atoms with van der Waals surface area (Å²) in [5, 5.41) is 12.0. The molecule has 0 spiro atoms. The molecule has 0 bridgehead atoms. The zero-order chi connectivity index (χ0) is 13.8. The molecule has 1 fully saturated rings. The second-order valence-corrected chi connectivity index (χ2v) is 5.26.